The van der Waals surface area contributed by atoms with Crippen LogP contribution in [0.5, 0.6) is 11.5 Å². The number of ether oxygens (including phenoxy) is 2. The van der Waals surface area contributed by atoms with E-state index in [0.717, 1.165) is 5.56 Å². The van der Waals surface area contributed by atoms with Gasteiger partial charge in [-0.25, -0.2) is 0 Å². The highest BCUT2D eigenvalue weighted by atomic mass is 16.5. The van der Waals surface area contributed by atoms with Crippen LogP contribution in [0.25, 0.3) is 6.08 Å². The number of anilines is 1. The number of nitriles is 1. The van der Waals surface area contributed by atoms with Crippen LogP contribution in [-0.4, -0.2) is 19.6 Å². The van der Waals surface area contributed by atoms with Crippen molar-refractivity contribution in [1.29, 1.82) is 5.26 Å². The van der Waals surface area contributed by atoms with Gasteiger partial charge in [-0.1, -0.05) is 18.2 Å². The molecule has 2 aromatic carbocycles. The molecule has 1 amide bonds. The van der Waals surface area contributed by atoms with Crippen molar-refractivity contribution in [2.75, 3.05) is 19.0 Å². The number of amides is 1. The minimum Gasteiger partial charge on any atom is -0.493 e. The fourth-order valence-corrected chi connectivity index (χ4v) is 2.07. The van der Waals surface area contributed by atoms with E-state index in [1.54, 1.807) is 37.4 Å². The average Bonchev–Trinajstić information content (AvgIpc) is 2.61. The van der Waals surface area contributed by atoms with E-state index < -0.39 is 0 Å². The summed E-state index contributed by atoms with van der Waals surface area (Å²) in [6, 6.07) is 14.1. The number of hydrogen-bond donors (Lipinski definition) is 1. The number of carbonyl (C=O) groups is 1. The highest BCUT2D eigenvalue weighted by molar-refractivity contribution is 5.91. The smallest absolute Gasteiger partial charge is 0.262 e. The zero-order valence-corrected chi connectivity index (χ0v) is 13.6. The Hall–Kier alpha value is -3.26. The summed E-state index contributed by atoms with van der Waals surface area (Å²) in [7, 11) is 1.55. The molecule has 2 aromatic rings. The molecule has 5 heteroatoms. The molecule has 0 atom stereocenters. The highest BCUT2D eigenvalue weighted by Crippen LogP contribution is 2.28. The first-order valence-corrected chi connectivity index (χ1v) is 7.40. The predicted molar refractivity (Wildman–Crippen MR) is 93.0 cm³/mol. The Morgan fingerprint density at radius 3 is 2.58 bits per heavy atom. The number of nitrogens with zero attached hydrogens (tertiary/aromatic N) is 1. The molecule has 0 fully saturated rings. The molecule has 0 saturated carbocycles. The van der Waals surface area contributed by atoms with Crippen molar-refractivity contribution in [2.45, 2.75) is 6.92 Å². The molecule has 1 N–H and O–H groups in total. The number of methoxy groups -OCH3 is 1. The van der Waals surface area contributed by atoms with Crippen LogP contribution in [0.2, 0.25) is 0 Å². The van der Waals surface area contributed by atoms with Crippen molar-refractivity contribution in [1.82, 2.24) is 0 Å². The predicted octanol–water partition coefficient (Wildman–Crippen LogP) is 3.62. The molecule has 24 heavy (non-hydrogen) atoms. The van der Waals surface area contributed by atoms with E-state index in [9.17, 15) is 4.79 Å². The number of carbonyl (C=O) groups excluding carboxylic acids is 1. The SMILES string of the molecule is C/C=C/c1ccc(OCC(=O)Nc2ccc(C#N)cc2)c(OC)c1. The van der Waals surface area contributed by atoms with E-state index in [2.05, 4.69) is 5.32 Å². The molecule has 5 nitrogen and oxygen atoms in total. The van der Waals surface area contributed by atoms with E-state index in [4.69, 9.17) is 14.7 Å². The molecule has 0 aliphatic carbocycles. The minimum atomic E-state index is -0.292. The van der Waals surface area contributed by atoms with Gasteiger partial charge in [0, 0.05) is 5.69 Å². The average molecular weight is 322 g/mol. The fourth-order valence-electron chi connectivity index (χ4n) is 2.07. The molecule has 0 saturated heterocycles. The molecule has 0 heterocycles. The first-order chi connectivity index (χ1) is 11.7. The van der Waals surface area contributed by atoms with Gasteiger partial charge in [0.15, 0.2) is 18.1 Å². The van der Waals surface area contributed by atoms with Crippen LogP contribution in [0.3, 0.4) is 0 Å². The lowest BCUT2D eigenvalue weighted by Gasteiger charge is -2.11. The summed E-state index contributed by atoms with van der Waals surface area (Å²) >= 11 is 0. The summed E-state index contributed by atoms with van der Waals surface area (Å²) in [6.45, 7) is 1.80. The second-order valence-corrected chi connectivity index (χ2v) is 4.94. The maximum Gasteiger partial charge on any atom is 0.262 e. The highest BCUT2D eigenvalue weighted by Gasteiger charge is 2.08. The Morgan fingerprint density at radius 1 is 1.21 bits per heavy atom. The number of hydrogen-bond acceptors (Lipinski definition) is 4. The second-order valence-electron chi connectivity index (χ2n) is 4.94. The van der Waals surface area contributed by atoms with Gasteiger partial charge in [-0.05, 0) is 48.9 Å². The van der Waals surface area contributed by atoms with Gasteiger partial charge < -0.3 is 14.8 Å². The maximum absolute atomic E-state index is 12.0. The Bertz CT molecular complexity index is 774. The third kappa shape index (κ3) is 4.62. The summed E-state index contributed by atoms with van der Waals surface area (Å²) in [5, 5.41) is 11.5. The van der Waals surface area contributed by atoms with Gasteiger partial charge in [0.2, 0.25) is 0 Å². The molecule has 2 rings (SSSR count). The van der Waals surface area contributed by atoms with E-state index in [1.807, 2.05) is 37.3 Å². The van der Waals surface area contributed by atoms with E-state index in [0.29, 0.717) is 22.7 Å². The topological polar surface area (TPSA) is 71.3 Å². The third-order valence-electron chi connectivity index (χ3n) is 3.20. The van der Waals surface area contributed by atoms with Gasteiger partial charge in [0.05, 0.1) is 18.7 Å². The fraction of sp³-hybridized carbons (Fsp3) is 0.158. The van der Waals surface area contributed by atoms with Crippen molar-refractivity contribution in [2.24, 2.45) is 0 Å². The molecule has 0 aliphatic rings. The Morgan fingerprint density at radius 2 is 1.96 bits per heavy atom. The zero-order valence-electron chi connectivity index (χ0n) is 13.6. The largest absolute Gasteiger partial charge is 0.493 e. The first-order valence-electron chi connectivity index (χ1n) is 7.40. The lowest BCUT2D eigenvalue weighted by molar-refractivity contribution is -0.118. The summed E-state index contributed by atoms with van der Waals surface area (Å²) < 4.78 is 10.8. The van der Waals surface area contributed by atoms with Crippen LogP contribution in [0, 0.1) is 11.3 Å². The number of benzene rings is 2. The van der Waals surface area contributed by atoms with Gasteiger partial charge in [-0.2, -0.15) is 5.26 Å². The van der Waals surface area contributed by atoms with Gasteiger partial charge in [-0.3, -0.25) is 4.79 Å². The van der Waals surface area contributed by atoms with Crippen LogP contribution in [0.1, 0.15) is 18.1 Å². The first kappa shape index (κ1) is 17.1. The van der Waals surface area contributed by atoms with Crippen molar-refractivity contribution in [3.8, 4) is 17.6 Å². The summed E-state index contributed by atoms with van der Waals surface area (Å²) in [5.74, 6) is 0.775. The van der Waals surface area contributed by atoms with Crippen LogP contribution < -0.4 is 14.8 Å². The Labute approximate surface area is 141 Å². The molecular formula is C19H18N2O3. The van der Waals surface area contributed by atoms with E-state index >= 15 is 0 Å². The Kier molecular flexibility index (Phi) is 5.98. The molecule has 0 aromatic heterocycles. The standard InChI is InChI=1S/C19H18N2O3/c1-3-4-14-7-10-17(18(11-14)23-2)24-13-19(22)21-16-8-5-15(12-20)6-9-16/h3-11H,13H2,1-2H3,(H,21,22)/b4-3+. The minimum absolute atomic E-state index is 0.140. The van der Waals surface area contributed by atoms with Crippen LogP contribution in [0.4, 0.5) is 5.69 Å². The normalized spacial score (nSPS) is 10.2. The van der Waals surface area contributed by atoms with Gasteiger partial charge in [0.1, 0.15) is 0 Å². The molecule has 0 spiro atoms. The van der Waals surface area contributed by atoms with Gasteiger partial charge >= 0.3 is 0 Å². The molecule has 0 bridgehead atoms. The van der Waals surface area contributed by atoms with Crippen molar-refractivity contribution >= 4 is 17.7 Å². The van der Waals surface area contributed by atoms with Crippen LogP contribution in [0.15, 0.2) is 48.5 Å². The molecular weight excluding hydrogens is 304 g/mol. The zero-order chi connectivity index (χ0) is 17.4. The number of nitrogens with one attached hydrogen (secondary N) is 1. The van der Waals surface area contributed by atoms with Gasteiger partial charge in [0.25, 0.3) is 5.91 Å². The van der Waals surface area contributed by atoms with Crippen LogP contribution >= 0.6 is 0 Å². The van der Waals surface area contributed by atoms with E-state index in [-0.39, 0.29) is 12.5 Å². The number of allylic oxidation sites excluding steroid dienone is 1. The molecule has 122 valence electrons. The molecule has 0 unspecified atom stereocenters. The quantitative estimate of drug-likeness (QED) is 0.882. The lowest BCUT2D eigenvalue weighted by atomic mass is 10.2. The lowest BCUT2D eigenvalue weighted by Crippen LogP contribution is -2.20. The third-order valence-corrected chi connectivity index (χ3v) is 3.20. The summed E-state index contributed by atoms with van der Waals surface area (Å²) in [4.78, 5) is 12.0. The molecule has 0 aliphatic heterocycles. The number of rotatable bonds is 6. The van der Waals surface area contributed by atoms with Crippen molar-refractivity contribution in [3.63, 3.8) is 0 Å². The summed E-state index contributed by atoms with van der Waals surface area (Å²) in [5.41, 5.74) is 2.14. The Balaban J connectivity index is 1.96. The molecule has 0 radical (unpaired) electrons. The van der Waals surface area contributed by atoms with E-state index in [1.165, 1.54) is 0 Å². The summed E-state index contributed by atoms with van der Waals surface area (Å²) in [6.07, 6.45) is 3.88. The van der Waals surface area contributed by atoms with Gasteiger partial charge in [-0.15, -0.1) is 0 Å². The van der Waals surface area contributed by atoms with Crippen molar-refractivity contribution < 1.29 is 14.3 Å². The maximum atomic E-state index is 12.0. The van der Waals surface area contributed by atoms with Crippen LogP contribution in [-0.2, 0) is 4.79 Å². The monoisotopic (exact) mass is 322 g/mol. The van der Waals surface area contributed by atoms with Crippen molar-refractivity contribution in [3.05, 3.63) is 59.7 Å². The second kappa shape index (κ2) is 8.39.